The minimum Gasteiger partial charge on any atom is -0.439 e. The number of amides is 1. The first-order chi connectivity index (χ1) is 20.9. The third-order valence-electron chi connectivity index (χ3n) is 6.68. The second kappa shape index (κ2) is 10.2. The summed E-state index contributed by atoms with van der Waals surface area (Å²) in [5.41, 5.74) is 4.44. The maximum absolute atomic E-state index is 15.6. The number of H-pyrrole nitrogens is 1. The van der Waals surface area contributed by atoms with Gasteiger partial charge in [0.25, 0.3) is 17.2 Å². The number of carbonyl (C=O) groups is 1. The van der Waals surface area contributed by atoms with Gasteiger partial charge in [-0.3, -0.25) is 38.8 Å². The second-order valence-electron chi connectivity index (χ2n) is 9.48. The van der Waals surface area contributed by atoms with Crippen LogP contribution in [0.4, 0.5) is 16.2 Å². The van der Waals surface area contributed by atoms with E-state index in [0.29, 0.717) is 6.26 Å². The van der Waals surface area contributed by atoms with Gasteiger partial charge in [0.05, 0.1) is 19.4 Å². The average Bonchev–Trinajstić information content (AvgIpc) is 3.72. The molecule has 2 saturated heterocycles. The Morgan fingerprint density at radius 1 is 1.14 bits per heavy atom. The lowest BCUT2D eigenvalue weighted by Gasteiger charge is -2.30. The van der Waals surface area contributed by atoms with Crippen LogP contribution in [0.1, 0.15) is 5.76 Å². The van der Waals surface area contributed by atoms with Crippen molar-refractivity contribution in [2.75, 3.05) is 24.0 Å². The van der Waals surface area contributed by atoms with Gasteiger partial charge >= 0.3 is 16.3 Å². The Bertz CT molecular complexity index is 1790. The third-order valence-corrected chi connectivity index (χ3v) is 8.40. The Hall–Kier alpha value is -4.11. The predicted molar refractivity (Wildman–Crippen MR) is 143 cm³/mol. The number of rotatable bonds is 2. The van der Waals surface area contributed by atoms with Crippen molar-refractivity contribution in [3.8, 4) is 5.75 Å². The highest BCUT2D eigenvalue weighted by atomic mass is 31.2. The topological polar surface area (TPSA) is 286 Å². The van der Waals surface area contributed by atoms with Gasteiger partial charge in [-0.2, -0.15) is 24.6 Å². The molecule has 0 aliphatic carbocycles. The van der Waals surface area contributed by atoms with Crippen LogP contribution in [0.5, 0.6) is 5.75 Å². The van der Waals surface area contributed by atoms with Crippen LogP contribution in [0.2, 0.25) is 0 Å². The minimum atomic E-state index is -4.96. The quantitative estimate of drug-likeness (QED) is 0.139. The number of ether oxygens (including phenoxy) is 1. The first-order valence-electron chi connectivity index (χ1n) is 12.4. The summed E-state index contributed by atoms with van der Waals surface area (Å²) in [6.45, 7) is -0.500. The van der Waals surface area contributed by atoms with E-state index >= 15 is 4.39 Å². The molecule has 0 radical (unpaired) electrons. The molecule has 10 N–H and O–H groups in total. The fraction of sp³-hybridized carbons (Fsp3) is 0.300. The molecule has 1 unspecified atom stereocenters. The highest BCUT2D eigenvalue weighted by molar-refractivity contribution is 7.55. The van der Waals surface area contributed by atoms with Gasteiger partial charge in [-0.1, -0.05) is 0 Å². The normalized spacial score (nSPS) is 27.3. The van der Waals surface area contributed by atoms with E-state index in [1.165, 1.54) is 6.07 Å². The number of nitrogens with zero attached hydrogens (tertiary/aromatic N) is 4. The van der Waals surface area contributed by atoms with Gasteiger partial charge in [0.15, 0.2) is 35.6 Å². The number of furan rings is 1. The first kappa shape index (κ1) is 28.6. The average molecular weight is 661 g/mol. The number of halogens is 1. The Kier molecular flexibility index (Phi) is 6.66. The van der Waals surface area contributed by atoms with E-state index < -0.39 is 64.3 Å². The zero-order chi connectivity index (χ0) is 31.0. The fourth-order valence-corrected chi connectivity index (χ4v) is 6.23. The monoisotopic (exact) mass is 661 g/mol. The lowest BCUT2D eigenvalue weighted by Crippen LogP contribution is -2.62. The minimum absolute atomic E-state index is 0.0675. The van der Waals surface area contributed by atoms with Crippen LogP contribution in [-0.2, 0) is 29.7 Å². The number of nitrogen functional groups attached to an aromatic ring is 1. The van der Waals surface area contributed by atoms with E-state index in [0.717, 1.165) is 10.9 Å². The maximum Gasteiger partial charge on any atom is 0.663 e. The molecule has 21 nitrogen and oxygen atoms in total. The van der Waals surface area contributed by atoms with Crippen molar-refractivity contribution in [3.63, 3.8) is 0 Å². The van der Waals surface area contributed by atoms with Crippen LogP contribution in [-0.4, -0.2) is 76.7 Å². The highest BCUT2D eigenvalue weighted by Crippen LogP contribution is 2.60. The van der Waals surface area contributed by atoms with Gasteiger partial charge in [-0.15, -0.1) is 4.52 Å². The van der Waals surface area contributed by atoms with E-state index in [2.05, 4.69) is 30.9 Å². The summed E-state index contributed by atoms with van der Waals surface area (Å²) in [7, 11) is -9.79. The number of anilines is 2. The molecule has 0 aromatic carbocycles. The predicted octanol–water partition coefficient (Wildman–Crippen LogP) is -1.66. The Labute approximate surface area is 243 Å². The zero-order valence-electron chi connectivity index (χ0n) is 21.8. The molecule has 24 heteroatoms. The molecule has 7 rings (SSSR count). The summed E-state index contributed by atoms with van der Waals surface area (Å²) in [6, 6.07) is 0.592. The first-order valence-corrected chi connectivity index (χ1v) is 15.5. The molecular weight excluding hydrogens is 639 g/mol. The molecule has 44 heavy (non-hydrogen) atoms. The molecule has 0 saturated carbocycles. The van der Waals surface area contributed by atoms with Crippen molar-refractivity contribution in [2.24, 2.45) is 0 Å². The van der Waals surface area contributed by atoms with Crippen LogP contribution in [0, 0.1) is 0 Å². The molecule has 234 valence electrons. The van der Waals surface area contributed by atoms with Crippen molar-refractivity contribution in [3.05, 3.63) is 46.3 Å². The number of aromatic amines is 1. The summed E-state index contributed by atoms with van der Waals surface area (Å²) in [4.78, 5) is 78.5. The second-order valence-corrected chi connectivity index (χ2v) is 12.3. The number of fused-ring (bicyclic) bond motifs is 5. The van der Waals surface area contributed by atoms with Gasteiger partial charge in [-0.25, -0.2) is 13.9 Å². The van der Waals surface area contributed by atoms with Crippen LogP contribution < -0.4 is 36.7 Å². The molecule has 3 aromatic heterocycles. The number of aromatic nitrogens is 4. The summed E-state index contributed by atoms with van der Waals surface area (Å²) in [5, 5.41) is 8.73. The number of hydrogen-bond acceptors (Lipinski definition) is 18. The van der Waals surface area contributed by atoms with Crippen LogP contribution in [0.3, 0.4) is 0 Å². The smallest absolute Gasteiger partial charge is 0.439 e. The van der Waals surface area contributed by atoms with Crippen LogP contribution in [0.25, 0.3) is 17.0 Å². The van der Waals surface area contributed by atoms with Crippen molar-refractivity contribution in [2.45, 2.75) is 25.0 Å². The number of carbonyl (C=O) groups excluding carboxylic acids is 1. The number of nitrogens with two attached hydrogens (primary N) is 1. The molecule has 3 atom stereocenters. The number of alkyl halides is 1. The standard InChI is InChI=1S/C20H20FN9O12P2/c21-11-9-3-38-43(33,34)41-7-1-10(29-5-25-12-15(29)23-4-24-17(12)31)39-8(7)2-37-44(35,36)42-14(11)19(40-9)30-6-26-13-16(30)27-20(22)28-18(13)32/h1,3,6,11-12,15,23,25,33-36H,2,4-5H2,(H2-2,22,24,27,28,31,32)/p+2/b9-3+/t11-,12-,15?/m1/s1. The number of hydrogen-bond donors (Lipinski definition) is 9. The van der Waals surface area contributed by atoms with Crippen molar-refractivity contribution in [1.82, 2.24) is 35.5 Å². The van der Waals surface area contributed by atoms with E-state index in [9.17, 15) is 29.2 Å². The summed E-state index contributed by atoms with van der Waals surface area (Å²) in [5.74, 6) is -3.37. The van der Waals surface area contributed by atoms with Gasteiger partial charge in [0.2, 0.25) is 29.7 Å². The molecule has 4 aliphatic heterocycles. The largest absolute Gasteiger partial charge is 0.663 e. The molecule has 2 fully saturated rings. The zero-order valence-corrected chi connectivity index (χ0v) is 23.6. The molecular formula is C20H22FN9O12P2+2. The van der Waals surface area contributed by atoms with E-state index in [1.807, 2.05) is 0 Å². The SMILES string of the molecule is Nc1nc2c(ncn2C2=C3O[P+](O)(O)OCc4oc(N5CN[C@H]6C(=O)NCNC65)cc4O[P+](O)(O)O/C=C(/O2)[C@H]3F)c(=O)[nH]1. The molecule has 7 heterocycles. The third kappa shape index (κ3) is 4.97. The Balaban J connectivity index is 1.25. The molecule has 0 spiro atoms. The lowest BCUT2D eigenvalue weighted by molar-refractivity contribution is -0.124. The van der Waals surface area contributed by atoms with Gasteiger partial charge < -0.3 is 25.1 Å². The van der Waals surface area contributed by atoms with Crippen LogP contribution in [0.15, 0.2) is 39.4 Å². The van der Waals surface area contributed by atoms with Crippen molar-refractivity contribution in [1.29, 1.82) is 0 Å². The Morgan fingerprint density at radius 2 is 1.95 bits per heavy atom. The van der Waals surface area contributed by atoms with E-state index in [-0.39, 0.29) is 53.8 Å². The van der Waals surface area contributed by atoms with Crippen LogP contribution >= 0.6 is 16.3 Å². The van der Waals surface area contributed by atoms with Gasteiger partial charge in [0.1, 0.15) is 18.5 Å². The number of nitrogens with one attached hydrogen (secondary N) is 4. The van der Waals surface area contributed by atoms with Gasteiger partial charge in [-0.05, 0) is 0 Å². The molecule has 3 aromatic rings. The lowest BCUT2D eigenvalue weighted by atomic mass is 10.2. The van der Waals surface area contributed by atoms with E-state index in [4.69, 9.17) is 33.0 Å². The Morgan fingerprint density at radius 3 is 2.77 bits per heavy atom. The molecule has 1 amide bonds. The molecule has 2 bridgehead atoms. The van der Waals surface area contributed by atoms with Gasteiger partial charge in [0, 0.05) is 0 Å². The highest BCUT2D eigenvalue weighted by Gasteiger charge is 2.53. The summed E-state index contributed by atoms with van der Waals surface area (Å²) >= 11 is 0. The molecule has 4 aliphatic rings. The maximum atomic E-state index is 15.6. The van der Waals surface area contributed by atoms with Crippen molar-refractivity contribution >= 4 is 51.1 Å². The fourth-order valence-electron chi connectivity index (χ4n) is 4.77. The number of imidazole rings is 1. The van der Waals surface area contributed by atoms with Crippen molar-refractivity contribution < 1.29 is 56.0 Å². The summed E-state index contributed by atoms with van der Waals surface area (Å²) in [6.07, 6.45) is -1.51. The summed E-state index contributed by atoms with van der Waals surface area (Å²) < 4.78 is 48.3. The van der Waals surface area contributed by atoms with E-state index in [1.54, 1.807) is 4.90 Å².